The number of carbonyl (C=O) groups excluding carboxylic acids is 1. The molecule has 214 valence electrons. The maximum atomic E-state index is 11.4. The summed E-state index contributed by atoms with van der Waals surface area (Å²) in [6.45, 7) is 8.13. The van der Waals surface area contributed by atoms with Gasteiger partial charge in [0.25, 0.3) is 5.69 Å². The second-order valence-corrected chi connectivity index (χ2v) is 9.30. The predicted molar refractivity (Wildman–Crippen MR) is 156 cm³/mol. The molecule has 0 spiro atoms. The van der Waals surface area contributed by atoms with Crippen molar-refractivity contribution in [2.24, 2.45) is 5.92 Å². The molecule has 0 N–H and O–H groups in total. The number of allylic oxidation sites excluding steroid dienone is 1. The summed E-state index contributed by atoms with van der Waals surface area (Å²) in [6, 6.07) is 23.8. The third kappa shape index (κ3) is 9.38. The van der Waals surface area contributed by atoms with E-state index >= 15 is 0 Å². The number of hydrogen-bond acceptors (Lipinski definition) is 8. The minimum atomic E-state index is -0.500. The summed E-state index contributed by atoms with van der Waals surface area (Å²) in [5.41, 5.74) is 3.43. The fourth-order valence-electron chi connectivity index (χ4n) is 3.66. The van der Waals surface area contributed by atoms with E-state index in [1.54, 1.807) is 11.6 Å². The zero-order chi connectivity index (χ0) is 29.6. The molecule has 0 amide bonds. The Morgan fingerprint density at radius 2 is 1.71 bits per heavy atom. The van der Waals surface area contributed by atoms with E-state index in [0.29, 0.717) is 18.6 Å². The number of aryl methyl sites for hydroxylation is 1. The summed E-state index contributed by atoms with van der Waals surface area (Å²) in [6.07, 6.45) is 4.36. The number of esters is 1. The van der Waals surface area contributed by atoms with Crippen molar-refractivity contribution < 1.29 is 19.2 Å². The molecule has 4 aromatic rings. The van der Waals surface area contributed by atoms with Crippen LogP contribution < -0.4 is 4.74 Å². The lowest BCUT2D eigenvalue weighted by atomic mass is 10.1. The zero-order valence-electron chi connectivity index (χ0n) is 23.8. The Hall–Kier alpha value is -4.86. The number of carbonyl (C=O) groups is 1. The van der Waals surface area contributed by atoms with E-state index in [-0.39, 0.29) is 24.3 Å². The average molecular weight is 558 g/mol. The Balaban J connectivity index is 0.000000250. The number of non-ortho nitro benzene ring substituents is 1. The van der Waals surface area contributed by atoms with E-state index in [2.05, 4.69) is 59.7 Å². The molecule has 1 atom stereocenters. The first-order valence-corrected chi connectivity index (χ1v) is 13.5. The first kappa shape index (κ1) is 30.7. The molecule has 0 aliphatic rings. The molecule has 41 heavy (non-hydrogen) atoms. The third-order valence-electron chi connectivity index (χ3n) is 6.23. The van der Waals surface area contributed by atoms with E-state index in [4.69, 9.17) is 9.47 Å². The van der Waals surface area contributed by atoms with Crippen molar-refractivity contribution in [1.82, 2.24) is 20.2 Å². The Labute approximate surface area is 239 Å². The van der Waals surface area contributed by atoms with Gasteiger partial charge in [-0.2, -0.15) is 4.68 Å². The Morgan fingerprint density at radius 3 is 2.34 bits per heavy atom. The van der Waals surface area contributed by atoms with Crippen molar-refractivity contribution in [3.63, 3.8) is 0 Å². The molecular formula is C31H35N5O5. The van der Waals surface area contributed by atoms with Gasteiger partial charge in [0.2, 0.25) is 0 Å². The van der Waals surface area contributed by atoms with E-state index in [9.17, 15) is 14.9 Å². The summed E-state index contributed by atoms with van der Waals surface area (Å²) < 4.78 is 12.8. The van der Waals surface area contributed by atoms with Crippen LogP contribution in [0.3, 0.4) is 0 Å². The number of rotatable bonds is 11. The number of hydrogen-bond donors (Lipinski definition) is 0. The molecule has 3 aromatic carbocycles. The largest absolute Gasteiger partial charge is 0.471 e. The highest BCUT2D eigenvalue weighted by Crippen LogP contribution is 2.21. The summed E-state index contributed by atoms with van der Waals surface area (Å²) in [4.78, 5) is 21.3. The molecule has 10 nitrogen and oxygen atoms in total. The number of ether oxygens (including phenoxy) is 2. The molecular weight excluding hydrogens is 522 g/mol. The Bertz CT molecular complexity index is 1430. The molecule has 0 aliphatic carbocycles. The lowest BCUT2D eigenvalue weighted by molar-refractivity contribution is -0.384. The third-order valence-corrected chi connectivity index (χ3v) is 6.23. The van der Waals surface area contributed by atoms with E-state index in [1.165, 1.54) is 35.4 Å². The van der Waals surface area contributed by atoms with Crippen molar-refractivity contribution in [3.8, 4) is 5.75 Å². The molecule has 0 saturated carbocycles. The first-order chi connectivity index (χ1) is 19.8. The van der Waals surface area contributed by atoms with Crippen LogP contribution in [-0.4, -0.2) is 31.1 Å². The van der Waals surface area contributed by atoms with Gasteiger partial charge in [0.15, 0.2) is 12.6 Å². The highest BCUT2D eigenvalue weighted by atomic mass is 16.6. The van der Waals surface area contributed by atoms with Crippen LogP contribution in [0, 0.1) is 23.0 Å². The molecule has 0 saturated heterocycles. The second kappa shape index (κ2) is 15.7. The maximum absolute atomic E-state index is 11.4. The van der Waals surface area contributed by atoms with Crippen molar-refractivity contribution in [2.45, 2.75) is 53.7 Å². The lowest BCUT2D eigenvalue weighted by Gasteiger charge is -2.13. The van der Waals surface area contributed by atoms with Gasteiger partial charge in [0.1, 0.15) is 11.5 Å². The van der Waals surface area contributed by atoms with Crippen LogP contribution in [-0.2, 0) is 22.7 Å². The van der Waals surface area contributed by atoms with Gasteiger partial charge >= 0.3 is 5.97 Å². The number of benzene rings is 3. The van der Waals surface area contributed by atoms with Crippen LogP contribution in [0.5, 0.6) is 5.75 Å². The lowest BCUT2D eigenvalue weighted by Crippen LogP contribution is -2.16. The van der Waals surface area contributed by atoms with Gasteiger partial charge < -0.3 is 9.47 Å². The Kier molecular flexibility index (Phi) is 11.7. The van der Waals surface area contributed by atoms with Crippen molar-refractivity contribution in [2.75, 3.05) is 0 Å². The Morgan fingerprint density at radius 1 is 1.02 bits per heavy atom. The summed E-state index contributed by atoms with van der Waals surface area (Å²) in [7, 11) is 0. The number of nitro benzene ring substituents is 1. The minimum Gasteiger partial charge on any atom is -0.471 e. The fraction of sp³-hybridized carbons (Fsp3) is 0.290. The van der Waals surface area contributed by atoms with Crippen LogP contribution in [0.15, 0.2) is 84.9 Å². The summed E-state index contributed by atoms with van der Waals surface area (Å²) in [5.74, 6) is 1.48. The first-order valence-electron chi connectivity index (χ1n) is 13.5. The minimum absolute atomic E-state index is 0.0247. The van der Waals surface area contributed by atoms with Gasteiger partial charge in [-0.25, -0.2) is 0 Å². The van der Waals surface area contributed by atoms with Gasteiger partial charge in [-0.1, -0.05) is 75.4 Å². The SMILES string of the molecule is CC/C=C(/OCn1nnnc1Cc1ccccc1)c1ccccc1C.CCC(C)C(=O)Oc1ccc([N+](=O)[O-])cc1. The molecule has 1 heterocycles. The molecule has 1 unspecified atom stereocenters. The highest BCUT2D eigenvalue weighted by molar-refractivity contribution is 5.74. The monoisotopic (exact) mass is 557 g/mol. The van der Waals surface area contributed by atoms with E-state index < -0.39 is 4.92 Å². The number of nitrogens with zero attached hydrogens (tertiary/aromatic N) is 5. The van der Waals surface area contributed by atoms with Gasteiger partial charge in [-0.3, -0.25) is 14.9 Å². The smallest absolute Gasteiger partial charge is 0.314 e. The topological polar surface area (TPSA) is 122 Å². The molecule has 0 radical (unpaired) electrons. The van der Waals surface area contributed by atoms with Crippen LogP contribution in [0.4, 0.5) is 5.69 Å². The fourth-order valence-corrected chi connectivity index (χ4v) is 3.66. The van der Waals surface area contributed by atoms with Crippen LogP contribution >= 0.6 is 0 Å². The maximum Gasteiger partial charge on any atom is 0.314 e. The summed E-state index contributed by atoms with van der Waals surface area (Å²) in [5, 5.41) is 22.4. The van der Waals surface area contributed by atoms with Gasteiger partial charge in [-0.05, 0) is 59.5 Å². The molecule has 0 fully saturated rings. The van der Waals surface area contributed by atoms with Crippen LogP contribution in [0.25, 0.3) is 5.76 Å². The molecule has 0 aliphatic heterocycles. The average Bonchev–Trinajstić information content (AvgIpc) is 3.43. The summed E-state index contributed by atoms with van der Waals surface area (Å²) >= 11 is 0. The van der Waals surface area contributed by atoms with Crippen molar-refractivity contribution in [1.29, 1.82) is 0 Å². The number of aromatic nitrogens is 4. The number of tetrazole rings is 1. The normalized spacial score (nSPS) is 11.7. The van der Waals surface area contributed by atoms with Crippen molar-refractivity contribution in [3.05, 3.63) is 118 Å². The predicted octanol–water partition coefficient (Wildman–Crippen LogP) is 6.54. The number of nitro groups is 1. The zero-order valence-corrected chi connectivity index (χ0v) is 23.8. The van der Waals surface area contributed by atoms with E-state index in [0.717, 1.165) is 23.6 Å². The second-order valence-electron chi connectivity index (χ2n) is 9.30. The quantitative estimate of drug-likeness (QED) is 0.0669. The van der Waals surface area contributed by atoms with Gasteiger partial charge in [0, 0.05) is 24.1 Å². The van der Waals surface area contributed by atoms with Crippen molar-refractivity contribution >= 4 is 17.4 Å². The van der Waals surface area contributed by atoms with Crippen LogP contribution in [0.2, 0.25) is 0 Å². The van der Waals surface area contributed by atoms with Gasteiger partial charge in [0.05, 0.1) is 10.8 Å². The standard InChI is InChI=1S/C20H22N4O.C11H13NO4/c1-3-9-19(18-13-8-7-10-16(18)2)25-15-24-20(21-22-23-24)14-17-11-5-4-6-12-17;1-3-8(2)11(13)16-10-6-4-9(5-7-10)12(14)15/h4-13H,3,14-15H2,1-2H3;4-8H,3H2,1-2H3/b19-9+;. The molecule has 4 rings (SSSR count). The molecule has 0 bridgehead atoms. The highest BCUT2D eigenvalue weighted by Gasteiger charge is 2.14. The van der Waals surface area contributed by atoms with E-state index in [1.807, 2.05) is 37.3 Å². The van der Waals surface area contributed by atoms with Gasteiger partial charge in [-0.15, -0.1) is 5.10 Å². The molecule has 1 aromatic heterocycles. The van der Waals surface area contributed by atoms with Crippen LogP contribution in [0.1, 0.15) is 56.1 Å². The molecule has 10 heteroatoms.